The molecule has 0 aliphatic rings. The van der Waals surface area contributed by atoms with E-state index >= 15 is 0 Å². The lowest BCUT2D eigenvalue weighted by molar-refractivity contribution is 0.444. The first kappa shape index (κ1) is 19.4. The summed E-state index contributed by atoms with van der Waals surface area (Å²) in [4.78, 5) is 19.9. The Labute approximate surface area is 168 Å². The third-order valence-corrected chi connectivity index (χ3v) is 4.45. The van der Waals surface area contributed by atoms with Crippen LogP contribution in [0.1, 0.15) is 11.1 Å². The molecule has 152 valence electrons. The molecule has 2 aromatic heterocycles. The van der Waals surface area contributed by atoms with Crippen LogP contribution in [0.3, 0.4) is 0 Å². The second kappa shape index (κ2) is 7.86. The molecule has 4 aromatic rings. The van der Waals surface area contributed by atoms with Gasteiger partial charge in [-0.2, -0.15) is 4.98 Å². The minimum absolute atomic E-state index is 0.0395. The molecular weight excluding hydrogens is 397 g/mol. The van der Waals surface area contributed by atoms with E-state index in [-0.39, 0.29) is 18.1 Å². The van der Waals surface area contributed by atoms with Crippen LogP contribution < -0.4 is 10.9 Å². The maximum absolute atomic E-state index is 13.6. The smallest absolute Gasteiger partial charge is 0.274 e. The number of halogens is 3. The number of nitrogens with one attached hydrogen (secondary N) is 1. The third kappa shape index (κ3) is 3.95. The van der Waals surface area contributed by atoms with Crippen LogP contribution in [0, 0.1) is 24.4 Å². The first-order chi connectivity index (χ1) is 14.4. The molecular formula is C21H15F3N4O2. The lowest BCUT2D eigenvalue weighted by Crippen LogP contribution is -2.16. The highest BCUT2D eigenvalue weighted by molar-refractivity contribution is 5.67. The summed E-state index contributed by atoms with van der Waals surface area (Å²) in [6, 6.07) is 8.47. The van der Waals surface area contributed by atoms with Gasteiger partial charge in [0.2, 0.25) is 11.8 Å². The van der Waals surface area contributed by atoms with Gasteiger partial charge in [-0.3, -0.25) is 4.79 Å². The molecule has 0 saturated heterocycles. The first-order valence-corrected chi connectivity index (χ1v) is 8.89. The van der Waals surface area contributed by atoms with Gasteiger partial charge in [-0.15, -0.1) is 0 Å². The van der Waals surface area contributed by atoms with Crippen LogP contribution in [0.15, 0.2) is 64.3 Å². The fraction of sp³-hybridized carbons (Fsp3) is 0.0952. The number of aromatic nitrogens is 3. The Morgan fingerprint density at radius 2 is 1.87 bits per heavy atom. The van der Waals surface area contributed by atoms with Crippen LogP contribution in [-0.4, -0.2) is 14.5 Å². The first-order valence-electron chi connectivity index (χ1n) is 8.89. The highest BCUT2D eigenvalue weighted by Gasteiger charge is 2.13. The maximum atomic E-state index is 13.6. The van der Waals surface area contributed by atoms with Crippen molar-refractivity contribution in [2.45, 2.75) is 13.5 Å². The van der Waals surface area contributed by atoms with E-state index < -0.39 is 23.0 Å². The van der Waals surface area contributed by atoms with Crippen LogP contribution in [0.5, 0.6) is 0 Å². The van der Waals surface area contributed by atoms with Crippen molar-refractivity contribution in [3.63, 3.8) is 0 Å². The summed E-state index contributed by atoms with van der Waals surface area (Å²) >= 11 is 0. The quantitative estimate of drug-likeness (QED) is 0.492. The van der Waals surface area contributed by atoms with Crippen molar-refractivity contribution in [2.75, 3.05) is 5.32 Å². The summed E-state index contributed by atoms with van der Waals surface area (Å²) in [6.07, 6.45) is 4.42. The van der Waals surface area contributed by atoms with Crippen molar-refractivity contribution >= 4 is 11.6 Å². The Morgan fingerprint density at radius 1 is 1.10 bits per heavy atom. The van der Waals surface area contributed by atoms with Crippen LogP contribution in [0.4, 0.5) is 24.8 Å². The molecule has 0 unspecified atom stereocenters. The van der Waals surface area contributed by atoms with E-state index in [0.717, 1.165) is 17.7 Å². The molecule has 9 heteroatoms. The normalized spacial score (nSPS) is 10.9. The summed E-state index contributed by atoms with van der Waals surface area (Å²) in [5.41, 5.74) is 1.88. The number of hydrogen-bond acceptors (Lipinski definition) is 5. The van der Waals surface area contributed by atoms with Gasteiger partial charge in [0.05, 0.1) is 12.7 Å². The Balaban J connectivity index is 1.70. The Morgan fingerprint density at radius 3 is 2.57 bits per heavy atom. The summed E-state index contributed by atoms with van der Waals surface area (Å²) < 4.78 is 47.2. The summed E-state index contributed by atoms with van der Waals surface area (Å²) in [7, 11) is 0. The molecule has 2 heterocycles. The summed E-state index contributed by atoms with van der Waals surface area (Å²) in [5.74, 6) is -3.53. The molecule has 0 aliphatic heterocycles. The second-order valence-corrected chi connectivity index (χ2v) is 6.58. The fourth-order valence-electron chi connectivity index (χ4n) is 2.93. The molecule has 0 radical (unpaired) electrons. The number of nitrogens with zero attached hydrogens (tertiary/aromatic N) is 3. The minimum Gasteiger partial charge on any atom is -0.445 e. The number of hydrogen-bond donors (Lipinski definition) is 1. The van der Waals surface area contributed by atoms with E-state index in [0.29, 0.717) is 17.1 Å². The van der Waals surface area contributed by atoms with Crippen LogP contribution in [-0.2, 0) is 6.54 Å². The second-order valence-electron chi connectivity index (χ2n) is 6.58. The SMILES string of the molecule is Cc1ccc(-c2ncco2)cc1Nc1nc(=O)ccn1Cc1cc(F)c(F)c(F)c1. The van der Waals surface area contributed by atoms with Gasteiger partial charge in [0.25, 0.3) is 5.56 Å². The Kier molecular flexibility index (Phi) is 5.09. The van der Waals surface area contributed by atoms with Gasteiger partial charge in [0.1, 0.15) is 6.26 Å². The third-order valence-electron chi connectivity index (χ3n) is 4.45. The van der Waals surface area contributed by atoms with Crippen LogP contribution in [0.2, 0.25) is 0 Å². The standard InChI is InChI=1S/C21H15F3N4O2/c1-12-2-3-14(20-25-5-7-30-20)10-17(12)26-21-27-18(29)4-6-28(21)11-13-8-15(22)19(24)16(23)9-13/h2-10H,11H2,1H3,(H,26,27,29). The molecule has 4 rings (SSSR count). The van der Waals surface area contributed by atoms with Crippen molar-refractivity contribution in [3.8, 4) is 11.5 Å². The van der Waals surface area contributed by atoms with E-state index in [1.807, 2.05) is 19.1 Å². The van der Waals surface area contributed by atoms with E-state index in [2.05, 4.69) is 15.3 Å². The number of aryl methyl sites for hydroxylation is 1. The molecule has 0 fully saturated rings. The Hall–Kier alpha value is -3.88. The summed E-state index contributed by atoms with van der Waals surface area (Å²) in [5, 5.41) is 3.07. The van der Waals surface area contributed by atoms with E-state index in [9.17, 15) is 18.0 Å². The average Bonchev–Trinajstić information content (AvgIpc) is 3.24. The summed E-state index contributed by atoms with van der Waals surface area (Å²) in [6.45, 7) is 1.82. The van der Waals surface area contributed by atoms with E-state index in [1.165, 1.54) is 29.3 Å². The van der Waals surface area contributed by atoms with Crippen molar-refractivity contribution in [3.05, 3.63) is 94.0 Å². The zero-order chi connectivity index (χ0) is 21.3. The highest BCUT2D eigenvalue weighted by atomic mass is 19.2. The molecule has 1 N–H and O–H groups in total. The monoisotopic (exact) mass is 412 g/mol. The Bertz CT molecular complexity index is 1250. The zero-order valence-electron chi connectivity index (χ0n) is 15.7. The molecule has 0 amide bonds. The number of anilines is 2. The largest absolute Gasteiger partial charge is 0.445 e. The van der Waals surface area contributed by atoms with Crippen molar-refractivity contribution in [1.82, 2.24) is 14.5 Å². The molecule has 2 aromatic carbocycles. The molecule has 0 bridgehead atoms. The van der Waals surface area contributed by atoms with Gasteiger partial charge in [0, 0.05) is 23.5 Å². The van der Waals surface area contributed by atoms with Gasteiger partial charge in [-0.1, -0.05) is 6.07 Å². The van der Waals surface area contributed by atoms with Crippen LogP contribution in [0.25, 0.3) is 11.5 Å². The average molecular weight is 412 g/mol. The predicted molar refractivity (Wildman–Crippen MR) is 104 cm³/mol. The topological polar surface area (TPSA) is 73.0 Å². The van der Waals surface area contributed by atoms with Crippen LogP contribution >= 0.6 is 0 Å². The minimum atomic E-state index is -1.53. The number of oxazole rings is 1. The lowest BCUT2D eigenvalue weighted by atomic mass is 10.1. The molecule has 0 saturated carbocycles. The number of benzene rings is 2. The van der Waals surface area contributed by atoms with Gasteiger partial charge >= 0.3 is 0 Å². The predicted octanol–water partition coefficient (Wildman–Crippen LogP) is 4.42. The molecule has 0 spiro atoms. The van der Waals surface area contributed by atoms with Gasteiger partial charge in [-0.05, 0) is 42.3 Å². The zero-order valence-corrected chi connectivity index (χ0v) is 15.7. The van der Waals surface area contributed by atoms with Gasteiger partial charge in [0.15, 0.2) is 17.5 Å². The van der Waals surface area contributed by atoms with E-state index in [1.54, 1.807) is 6.07 Å². The molecule has 30 heavy (non-hydrogen) atoms. The molecule has 0 aliphatic carbocycles. The maximum Gasteiger partial charge on any atom is 0.274 e. The van der Waals surface area contributed by atoms with Crippen molar-refractivity contribution < 1.29 is 17.6 Å². The lowest BCUT2D eigenvalue weighted by Gasteiger charge is -2.16. The van der Waals surface area contributed by atoms with E-state index in [4.69, 9.17) is 4.42 Å². The number of rotatable bonds is 5. The fourth-order valence-corrected chi connectivity index (χ4v) is 2.93. The molecule has 6 nitrogen and oxygen atoms in total. The highest BCUT2D eigenvalue weighted by Crippen LogP contribution is 2.26. The van der Waals surface area contributed by atoms with Gasteiger partial charge < -0.3 is 14.3 Å². The van der Waals surface area contributed by atoms with Gasteiger partial charge in [-0.25, -0.2) is 18.2 Å². The van der Waals surface area contributed by atoms with Crippen molar-refractivity contribution in [2.24, 2.45) is 0 Å². The van der Waals surface area contributed by atoms with Crippen molar-refractivity contribution in [1.29, 1.82) is 0 Å². The molecule has 0 atom stereocenters.